The number of nitrogens with one attached hydrogen (secondary N) is 1. The second-order valence-electron chi connectivity index (χ2n) is 5.42. The fourth-order valence-electron chi connectivity index (χ4n) is 2.85. The molecule has 0 aromatic heterocycles. The molecule has 1 saturated carbocycles. The van der Waals surface area contributed by atoms with E-state index in [0.717, 1.165) is 12.0 Å². The largest absolute Gasteiger partial charge is 0.349 e. The lowest BCUT2D eigenvalue weighted by Crippen LogP contribution is -2.36. The number of alkyl halides is 2. The lowest BCUT2D eigenvalue weighted by atomic mass is 9.98. The SMILES string of the molecule is CCC1(C(=O)NC(C)c2ccc(I)cc2)C(C)C1(Cl)I. The van der Waals surface area contributed by atoms with E-state index in [0.29, 0.717) is 0 Å². The van der Waals surface area contributed by atoms with Crippen LogP contribution in [0, 0.1) is 14.9 Å². The van der Waals surface area contributed by atoms with Crippen LogP contribution in [0.25, 0.3) is 0 Å². The Labute approximate surface area is 152 Å². The highest BCUT2D eigenvalue weighted by atomic mass is 127. The van der Waals surface area contributed by atoms with E-state index in [1.54, 1.807) is 0 Å². The van der Waals surface area contributed by atoms with Crippen LogP contribution in [0.5, 0.6) is 0 Å². The van der Waals surface area contributed by atoms with E-state index in [4.69, 9.17) is 11.6 Å². The van der Waals surface area contributed by atoms with Crippen LogP contribution in [0.2, 0.25) is 0 Å². The monoisotopic (exact) mass is 517 g/mol. The van der Waals surface area contributed by atoms with Gasteiger partial charge in [-0.15, -0.1) is 11.6 Å². The Kier molecular flexibility index (Phi) is 4.97. The van der Waals surface area contributed by atoms with Crippen LogP contribution in [0.15, 0.2) is 24.3 Å². The van der Waals surface area contributed by atoms with E-state index in [9.17, 15) is 4.79 Å². The Morgan fingerprint density at radius 1 is 1.45 bits per heavy atom. The maximum absolute atomic E-state index is 12.6. The Morgan fingerprint density at radius 2 is 1.95 bits per heavy atom. The van der Waals surface area contributed by atoms with Crippen molar-refractivity contribution in [2.45, 2.75) is 36.1 Å². The summed E-state index contributed by atoms with van der Waals surface area (Å²) >= 11 is 11.0. The van der Waals surface area contributed by atoms with E-state index < -0.39 is 8.30 Å². The molecule has 2 nitrogen and oxygen atoms in total. The molecule has 4 unspecified atom stereocenters. The minimum absolute atomic E-state index is 0.000378. The molecule has 0 radical (unpaired) electrons. The Balaban J connectivity index is 2.11. The summed E-state index contributed by atoms with van der Waals surface area (Å²) < 4.78 is 0.743. The van der Waals surface area contributed by atoms with Gasteiger partial charge in [0.2, 0.25) is 5.91 Å². The number of amides is 1. The van der Waals surface area contributed by atoms with Gasteiger partial charge in [-0.3, -0.25) is 4.79 Å². The quantitative estimate of drug-likeness (QED) is 0.448. The molecule has 1 aliphatic carbocycles. The van der Waals surface area contributed by atoms with Gasteiger partial charge < -0.3 is 5.32 Å². The molecule has 1 fully saturated rings. The number of rotatable bonds is 4. The first-order chi connectivity index (χ1) is 9.27. The molecule has 1 aliphatic rings. The number of halogens is 3. The predicted molar refractivity (Wildman–Crippen MR) is 100 cm³/mol. The number of hydrogen-bond donors (Lipinski definition) is 1. The molecule has 110 valence electrons. The van der Waals surface area contributed by atoms with Gasteiger partial charge in [-0.2, -0.15) is 0 Å². The van der Waals surface area contributed by atoms with Crippen LogP contribution in [-0.4, -0.2) is 8.79 Å². The van der Waals surface area contributed by atoms with Crippen LogP contribution in [0.1, 0.15) is 38.8 Å². The normalized spacial score (nSPS) is 33.6. The van der Waals surface area contributed by atoms with Gasteiger partial charge in [0, 0.05) is 9.49 Å². The lowest BCUT2D eigenvalue weighted by molar-refractivity contribution is -0.127. The molecule has 1 N–H and O–H groups in total. The topological polar surface area (TPSA) is 29.1 Å². The van der Waals surface area contributed by atoms with Crippen LogP contribution in [0.3, 0.4) is 0 Å². The highest BCUT2D eigenvalue weighted by molar-refractivity contribution is 14.1. The summed E-state index contributed by atoms with van der Waals surface area (Å²) in [6.45, 7) is 6.10. The number of carbonyl (C=O) groups is 1. The Bertz CT molecular complexity index is 517. The third-order valence-electron chi connectivity index (χ3n) is 4.47. The molecular formula is C15H18ClI2NO. The fourth-order valence-corrected chi connectivity index (χ4v) is 5.19. The predicted octanol–water partition coefficient (Wildman–Crippen LogP) is 4.88. The average Bonchev–Trinajstić information content (AvgIpc) is 2.84. The molecule has 1 aromatic rings. The molecule has 5 heteroatoms. The molecule has 1 aromatic carbocycles. The molecule has 4 atom stereocenters. The molecule has 0 heterocycles. The van der Waals surface area contributed by atoms with Crippen molar-refractivity contribution >= 4 is 62.7 Å². The van der Waals surface area contributed by atoms with Crippen molar-refractivity contribution in [2.24, 2.45) is 11.3 Å². The number of hydrogen-bond acceptors (Lipinski definition) is 1. The number of benzene rings is 1. The third-order valence-corrected chi connectivity index (χ3v) is 7.76. The lowest BCUT2D eigenvalue weighted by Gasteiger charge is -2.21. The van der Waals surface area contributed by atoms with Gasteiger partial charge in [0.25, 0.3) is 0 Å². The van der Waals surface area contributed by atoms with Gasteiger partial charge in [0.05, 0.1) is 11.5 Å². The van der Waals surface area contributed by atoms with Crippen LogP contribution >= 0.6 is 56.8 Å². The first-order valence-corrected chi connectivity index (χ1v) is 9.25. The molecule has 0 spiro atoms. The summed E-state index contributed by atoms with van der Waals surface area (Å²) in [4.78, 5) is 12.6. The summed E-state index contributed by atoms with van der Waals surface area (Å²) in [5.41, 5.74) is 0.680. The molecule has 0 aliphatic heterocycles. The van der Waals surface area contributed by atoms with Crippen molar-refractivity contribution < 1.29 is 4.79 Å². The van der Waals surface area contributed by atoms with E-state index in [-0.39, 0.29) is 17.9 Å². The molecule has 0 saturated heterocycles. The minimum atomic E-state index is -0.449. The molecular weight excluding hydrogens is 499 g/mol. The summed E-state index contributed by atoms with van der Waals surface area (Å²) in [6, 6.07) is 8.22. The molecule has 1 amide bonds. The van der Waals surface area contributed by atoms with Crippen molar-refractivity contribution in [3.05, 3.63) is 33.4 Å². The van der Waals surface area contributed by atoms with Gasteiger partial charge in [-0.25, -0.2) is 0 Å². The standard InChI is InChI=1S/C15H18ClI2NO/c1-4-14(10(3)15(14,16)18)13(20)19-9(2)11-5-7-12(17)8-6-11/h5-10H,4H2,1-3H3,(H,19,20). The Hall–Kier alpha value is 0.440. The Morgan fingerprint density at radius 3 is 2.35 bits per heavy atom. The third kappa shape index (κ3) is 2.60. The zero-order chi connectivity index (χ0) is 15.1. The van der Waals surface area contributed by atoms with Crippen LogP contribution in [-0.2, 0) is 4.79 Å². The highest BCUT2D eigenvalue weighted by Gasteiger charge is 2.75. The first kappa shape index (κ1) is 16.8. The minimum Gasteiger partial charge on any atom is -0.349 e. The molecule has 2 rings (SSSR count). The zero-order valence-corrected chi connectivity index (χ0v) is 16.8. The van der Waals surface area contributed by atoms with Crippen molar-refractivity contribution in [1.82, 2.24) is 5.32 Å². The van der Waals surface area contributed by atoms with Gasteiger partial charge in [-0.1, -0.05) is 48.6 Å². The van der Waals surface area contributed by atoms with E-state index in [1.807, 2.05) is 13.8 Å². The second kappa shape index (κ2) is 5.91. The van der Waals surface area contributed by atoms with E-state index in [1.165, 1.54) is 3.57 Å². The van der Waals surface area contributed by atoms with Gasteiger partial charge >= 0.3 is 0 Å². The van der Waals surface area contributed by atoms with E-state index in [2.05, 4.69) is 81.7 Å². The van der Waals surface area contributed by atoms with Gasteiger partial charge in [0.15, 0.2) is 0 Å². The van der Waals surface area contributed by atoms with Crippen molar-refractivity contribution in [3.63, 3.8) is 0 Å². The van der Waals surface area contributed by atoms with Crippen LogP contribution < -0.4 is 5.32 Å². The summed E-state index contributed by atoms with van der Waals surface area (Å²) in [7, 11) is 0. The summed E-state index contributed by atoms with van der Waals surface area (Å²) in [6.07, 6.45) is 0.770. The molecule has 20 heavy (non-hydrogen) atoms. The number of carbonyl (C=O) groups excluding carboxylic acids is 1. The van der Waals surface area contributed by atoms with E-state index >= 15 is 0 Å². The van der Waals surface area contributed by atoms with Crippen molar-refractivity contribution in [1.29, 1.82) is 0 Å². The highest BCUT2D eigenvalue weighted by Crippen LogP contribution is 2.72. The van der Waals surface area contributed by atoms with Crippen molar-refractivity contribution in [2.75, 3.05) is 0 Å². The molecule has 0 bridgehead atoms. The smallest absolute Gasteiger partial charge is 0.229 e. The first-order valence-electron chi connectivity index (χ1n) is 6.71. The summed E-state index contributed by atoms with van der Waals surface area (Å²) in [5, 5.41) is 3.12. The maximum atomic E-state index is 12.6. The fraction of sp³-hybridized carbons (Fsp3) is 0.533. The zero-order valence-electron chi connectivity index (χ0n) is 11.7. The summed E-state index contributed by atoms with van der Waals surface area (Å²) in [5.74, 6) is 0.272. The second-order valence-corrected chi connectivity index (χ2v) is 9.60. The van der Waals surface area contributed by atoms with Crippen molar-refractivity contribution in [3.8, 4) is 0 Å². The maximum Gasteiger partial charge on any atom is 0.229 e. The average molecular weight is 518 g/mol. The van der Waals surface area contributed by atoms with Gasteiger partial charge in [-0.05, 0) is 53.6 Å². The van der Waals surface area contributed by atoms with Crippen LogP contribution in [0.4, 0.5) is 0 Å². The van der Waals surface area contributed by atoms with Gasteiger partial charge in [0.1, 0.15) is 2.88 Å².